The van der Waals surface area contributed by atoms with E-state index in [1.54, 1.807) is 0 Å². The van der Waals surface area contributed by atoms with Crippen molar-refractivity contribution in [3.05, 3.63) is 29.8 Å². The van der Waals surface area contributed by atoms with Gasteiger partial charge in [-0.05, 0) is 23.6 Å². The van der Waals surface area contributed by atoms with Crippen LogP contribution in [0.5, 0.6) is 5.75 Å². The van der Waals surface area contributed by atoms with E-state index in [1.807, 2.05) is 24.3 Å². The first kappa shape index (κ1) is 14.9. The highest BCUT2D eigenvalue weighted by atomic mass is 32.1. The standard InChI is InChI=1S/C14H21NO2S/c1-11(2)10-16-7-8-17-13-5-3-12(4-6-13)9-14(15)18/h3-6,11H,7-10H2,1-2H3,(H2,15,18). The van der Waals surface area contributed by atoms with Gasteiger partial charge < -0.3 is 15.2 Å². The highest BCUT2D eigenvalue weighted by Gasteiger charge is 1.98. The Bertz CT molecular complexity index is 363. The summed E-state index contributed by atoms with van der Waals surface area (Å²) in [6, 6.07) is 7.80. The maximum absolute atomic E-state index is 5.56. The highest BCUT2D eigenvalue weighted by molar-refractivity contribution is 7.80. The molecule has 1 rings (SSSR count). The first-order valence-electron chi connectivity index (χ1n) is 6.15. The van der Waals surface area contributed by atoms with E-state index in [4.69, 9.17) is 27.4 Å². The lowest BCUT2D eigenvalue weighted by molar-refractivity contribution is 0.0819. The van der Waals surface area contributed by atoms with E-state index in [0.717, 1.165) is 17.9 Å². The molecular formula is C14H21NO2S. The number of thiocarbonyl (C=S) groups is 1. The second-order valence-corrected chi connectivity index (χ2v) is 5.13. The summed E-state index contributed by atoms with van der Waals surface area (Å²) >= 11 is 4.86. The Labute approximate surface area is 114 Å². The molecule has 0 radical (unpaired) electrons. The number of hydrogen-bond acceptors (Lipinski definition) is 3. The monoisotopic (exact) mass is 267 g/mol. The normalized spacial score (nSPS) is 10.6. The number of nitrogens with two attached hydrogens (primary N) is 1. The molecule has 18 heavy (non-hydrogen) atoms. The summed E-state index contributed by atoms with van der Waals surface area (Å²) < 4.78 is 11.0. The Balaban J connectivity index is 2.24. The lowest BCUT2D eigenvalue weighted by Gasteiger charge is -2.09. The molecule has 0 aliphatic heterocycles. The maximum Gasteiger partial charge on any atom is 0.119 e. The third kappa shape index (κ3) is 6.57. The quantitative estimate of drug-likeness (QED) is 0.581. The van der Waals surface area contributed by atoms with Gasteiger partial charge in [0.15, 0.2) is 0 Å². The zero-order chi connectivity index (χ0) is 13.4. The lowest BCUT2D eigenvalue weighted by Crippen LogP contribution is -2.11. The van der Waals surface area contributed by atoms with Crippen LogP contribution in [0.4, 0.5) is 0 Å². The fourth-order valence-corrected chi connectivity index (χ4v) is 1.61. The zero-order valence-corrected chi connectivity index (χ0v) is 11.8. The Morgan fingerprint density at radius 3 is 2.44 bits per heavy atom. The summed E-state index contributed by atoms with van der Waals surface area (Å²) in [7, 11) is 0. The second-order valence-electron chi connectivity index (χ2n) is 4.60. The van der Waals surface area contributed by atoms with E-state index in [1.165, 1.54) is 0 Å². The molecule has 0 aromatic heterocycles. The molecule has 0 aliphatic rings. The molecule has 0 bridgehead atoms. The van der Waals surface area contributed by atoms with E-state index in [2.05, 4.69) is 13.8 Å². The van der Waals surface area contributed by atoms with E-state index < -0.39 is 0 Å². The fourth-order valence-electron chi connectivity index (χ4n) is 1.44. The lowest BCUT2D eigenvalue weighted by atomic mass is 10.1. The van der Waals surface area contributed by atoms with Crippen LogP contribution in [0.1, 0.15) is 19.4 Å². The topological polar surface area (TPSA) is 44.5 Å². The third-order valence-corrected chi connectivity index (χ3v) is 2.39. The summed E-state index contributed by atoms with van der Waals surface area (Å²) in [6.45, 7) is 6.22. The van der Waals surface area contributed by atoms with Gasteiger partial charge in [0.25, 0.3) is 0 Å². The van der Waals surface area contributed by atoms with Crippen LogP contribution in [0.2, 0.25) is 0 Å². The summed E-state index contributed by atoms with van der Waals surface area (Å²) in [5, 5.41) is 0. The van der Waals surface area contributed by atoms with Gasteiger partial charge in [-0.2, -0.15) is 0 Å². The van der Waals surface area contributed by atoms with Crippen molar-refractivity contribution in [3.63, 3.8) is 0 Å². The minimum absolute atomic E-state index is 0.505. The first-order chi connectivity index (χ1) is 8.58. The van der Waals surface area contributed by atoms with Crippen molar-refractivity contribution in [1.29, 1.82) is 0 Å². The van der Waals surface area contributed by atoms with Crippen molar-refractivity contribution in [2.45, 2.75) is 20.3 Å². The number of benzene rings is 1. The van der Waals surface area contributed by atoms with Gasteiger partial charge in [-0.15, -0.1) is 0 Å². The van der Waals surface area contributed by atoms with Crippen molar-refractivity contribution in [1.82, 2.24) is 0 Å². The van der Waals surface area contributed by atoms with Crippen LogP contribution < -0.4 is 10.5 Å². The maximum atomic E-state index is 5.56. The molecule has 0 atom stereocenters. The smallest absolute Gasteiger partial charge is 0.119 e. The van der Waals surface area contributed by atoms with Crippen LogP contribution >= 0.6 is 12.2 Å². The van der Waals surface area contributed by atoms with Gasteiger partial charge in [0.05, 0.1) is 11.6 Å². The SMILES string of the molecule is CC(C)COCCOc1ccc(CC(N)=S)cc1. The Kier molecular flexibility index (Phi) is 6.68. The van der Waals surface area contributed by atoms with Crippen LogP contribution in [-0.4, -0.2) is 24.8 Å². The molecule has 0 heterocycles. The summed E-state index contributed by atoms with van der Waals surface area (Å²) in [6.07, 6.45) is 0.632. The minimum Gasteiger partial charge on any atom is -0.491 e. The van der Waals surface area contributed by atoms with Gasteiger partial charge in [0.1, 0.15) is 12.4 Å². The molecular weight excluding hydrogens is 246 g/mol. The number of ether oxygens (including phenoxy) is 2. The van der Waals surface area contributed by atoms with Crippen molar-refractivity contribution in [2.75, 3.05) is 19.8 Å². The molecule has 4 heteroatoms. The molecule has 0 aliphatic carbocycles. The summed E-state index contributed by atoms with van der Waals surface area (Å²) in [5.74, 6) is 1.40. The molecule has 2 N–H and O–H groups in total. The van der Waals surface area contributed by atoms with Crippen LogP contribution in [0.15, 0.2) is 24.3 Å². The van der Waals surface area contributed by atoms with E-state index >= 15 is 0 Å². The average molecular weight is 267 g/mol. The predicted molar refractivity (Wildman–Crippen MR) is 78.1 cm³/mol. The Hall–Kier alpha value is -1.13. The van der Waals surface area contributed by atoms with Crippen LogP contribution in [0.3, 0.4) is 0 Å². The highest BCUT2D eigenvalue weighted by Crippen LogP contribution is 2.12. The molecule has 100 valence electrons. The molecule has 0 saturated carbocycles. The molecule has 0 saturated heterocycles. The first-order valence-corrected chi connectivity index (χ1v) is 6.56. The van der Waals surface area contributed by atoms with Gasteiger partial charge in [-0.1, -0.05) is 38.2 Å². The Morgan fingerprint density at radius 2 is 1.89 bits per heavy atom. The van der Waals surface area contributed by atoms with Crippen molar-refractivity contribution in [3.8, 4) is 5.75 Å². The summed E-state index contributed by atoms with van der Waals surface area (Å²) in [5.41, 5.74) is 6.59. The van der Waals surface area contributed by atoms with Crippen molar-refractivity contribution in [2.24, 2.45) is 11.7 Å². The Morgan fingerprint density at radius 1 is 1.22 bits per heavy atom. The number of rotatable bonds is 8. The zero-order valence-electron chi connectivity index (χ0n) is 11.0. The minimum atomic E-state index is 0.505. The molecule has 0 fully saturated rings. The molecule has 3 nitrogen and oxygen atoms in total. The molecule has 0 amide bonds. The van der Waals surface area contributed by atoms with Crippen LogP contribution in [0.25, 0.3) is 0 Å². The largest absolute Gasteiger partial charge is 0.491 e. The molecule has 0 spiro atoms. The van der Waals surface area contributed by atoms with Gasteiger partial charge >= 0.3 is 0 Å². The average Bonchev–Trinajstić information content (AvgIpc) is 2.30. The van der Waals surface area contributed by atoms with Crippen molar-refractivity contribution < 1.29 is 9.47 Å². The van der Waals surface area contributed by atoms with E-state index in [9.17, 15) is 0 Å². The van der Waals surface area contributed by atoms with Gasteiger partial charge in [-0.25, -0.2) is 0 Å². The molecule has 1 aromatic carbocycles. The predicted octanol–water partition coefficient (Wildman–Crippen LogP) is 2.57. The molecule has 0 unspecified atom stereocenters. The fraction of sp³-hybridized carbons (Fsp3) is 0.500. The van der Waals surface area contributed by atoms with Gasteiger partial charge in [0, 0.05) is 13.0 Å². The second kappa shape index (κ2) is 8.06. The molecule has 1 aromatic rings. The van der Waals surface area contributed by atoms with E-state index in [0.29, 0.717) is 30.5 Å². The summed E-state index contributed by atoms with van der Waals surface area (Å²) in [4.78, 5) is 0.505. The number of hydrogen-bond donors (Lipinski definition) is 1. The van der Waals surface area contributed by atoms with E-state index in [-0.39, 0.29) is 0 Å². The van der Waals surface area contributed by atoms with Crippen LogP contribution in [-0.2, 0) is 11.2 Å². The van der Waals surface area contributed by atoms with Gasteiger partial charge in [-0.3, -0.25) is 0 Å². The van der Waals surface area contributed by atoms with Gasteiger partial charge in [0.2, 0.25) is 0 Å². The van der Waals surface area contributed by atoms with Crippen LogP contribution in [0, 0.1) is 5.92 Å². The third-order valence-electron chi connectivity index (χ3n) is 2.25. The van der Waals surface area contributed by atoms with Crippen molar-refractivity contribution >= 4 is 17.2 Å².